The zero-order valence-corrected chi connectivity index (χ0v) is 14.7. The molecule has 2 unspecified atom stereocenters. The lowest BCUT2D eigenvalue weighted by Crippen LogP contribution is -2.47. The minimum absolute atomic E-state index is 0.182. The van der Waals surface area contributed by atoms with E-state index in [1.807, 2.05) is 19.9 Å². The number of ether oxygens (including phenoxy) is 3. The lowest BCUT2D eigenvalue weighted by Gasteiger charge is -2.31. The van der Waals surface area contributed by atoms with Crippen molar-refractivity contribution in [3.63, 3.8) is 0 Å². The molecule has 24 heavy (non-hydrogen) atoms. The van der Waals surface area contributed by atoms with Crippen LogP contribution in [0.3, 0.4) is 0 Å². The molecule has 0 spiro atoms. The SMILES string of the molecule is CCOc1cc2c(cc1CN=C(N)N1CCOC(C)C1)OC(C)C2. The van der Waals surface area contributed by atoms with E-state index in [2.05, 4.69) is 22.9 Å². The van der Waals surface area contributed by atoms with Gasteiger partial charge < -0.3 is 24.8 Å². The molecule has 2 aliphatic rings. The van der Waals surface area contributed by atoms with Crippen molar-refractivity contribution in [2.75, 3.05) is 26.3 Å². The highest BCUT2D eigenvalue weighted by atomic mass is 16.5. The first-order valence-corrected chi connectivity index (χ1v) is 8.68. The van der Waals surface area contributed by atoms with E-state index in [0.29, 0.717) is 25.7 Å². The van der Waals surface area contributed by atoms with Crippen molar-refractivity contribution in [1.82, 2.24) is 4.90 Å². The highest BCUT2D eigenvalue weighted by molar-refractivity contribution is 5.78. The fraction of sp³-hybridized carbons (Fsp3) is 0.611. The predicted molar refractivity (Wildman–Crippen MR) is 93.7 cm³/mol. The second-order valence-electron chi connectivity index (χ2n) is 6.44. The maximum Gasteiger partial charge on any atom is 0.191 e. The monoisotopic (exact) mass is 333 g/mol. The molecule has 2 heterocycles. The van der Waals surface area contributed by atoms with Gasteiger partial charge in [0.1, 0.15) is 17.6 Å². The number of aliphatic imine (C=N–C) groups is 1. The minimum Gasteiger partial charge on any atom is -0.494 e. The van der Waals surface area contributed by atoms with E-state index >= 15 is 0 Å². The van der Waals surface area contributed by atoms with E-state index in [4.69, 9.17) is 19.9 Å². The molecule has 2 aliphatic heterocycles. The third kappa shape index (κ3) is 3.75. The number of nitrogens with zero attached hydrogens (tertiary/aromatic N) is 2. The molecule has 0 radical (unpaired) electrons. The number of fused-ring (bicyclic) bond motifs is 1. The summed E-state index contributed by atoms with van der Waals surface area (Å²) in [7, 11) is 0. The van der Waals surface area contributed by atoms with Gasteiger partial charge in [-0.2, -0.15) is 0 Å². The van der Waals surface area contributed by atoms with Crippen molar-refractivity contribution in [1.29, 1.82) is 0 Å². The second kappa shape index (κ2) is 7.30. The second-order valence-corrected chi connectivity index (χ2v) is 6.44. The zero-order chi connectivity index (χ0) is 17.1. The van der Waals surface area contributed by atoms with Crippen LogP contribution in [-0.2, 0) is 17.7 Å². The van der Waals surface area contributed by atoms with Crippen molar-refractivity contribution < 1.29 is 14.2 Å². The molecule has 2 atom stereocenters. The number of guanidine groups is 1. The summed E-state index contributed by atoms with van der Waals surface area (Å²) in [5.74, 6) is 2.37. The average Bonchev–Trinajstić information content (AvgIpc) is 2.91. The summed E-state index contributed by atoms with van der Waals surface area (Å²) in [5, 5.41) is 0. The van der Waals surface area contributed by atoms with Crippen LogP contribution in [0.5, 0.6) is 11.5 Å². The molecule has 0 saturated carbocycles. The van der Waals surface area contributed by atoms with Gasteiger partial charge in [0.05, 0.1) is 25.9 Å². The quantitative estimate of drug-likeness (QED) is 0.674. The Bertz CT molecular complexity index is 618. The molecule has 0 aliphatic carbocycles. The fourth-order valence-corrected chi connectivity index (χ4v) is 3.19. The third-order valence-corrected chi connectivity index (χ3v) is 4.36. The van der Waals surface area contributed by atoms with E-state index in [-0.39, 0.29) is 12.2 Å². The Morgan fingerprint density at radius 1 is 1.38 bits per heavy atom. The Hall–Kier alpha value is -1.95. The Balaban J connectivity index is 1.76. The first-order valence-electron chi connectivity index (χ1n) is 8.68. The van der Waals surface area contributed by atoms with Crippen molar-refractivity contribution in [3.05, 3.63) is 23.3 Å². The molecule has 3 rings (SSSR count). The summed E-state index contributed by atoms with van der Waals surface area (Å²) < 4.78 is 17.2. The minimum atomic E-state index is 0.182. The van der Waals surface area contributed by atoms with Crippen molar-refractivity contribution in [2.45, 2.75) is 45.9 Å². The molecule has 0 amide bonds. The van der Waals surface area contributed by atoms with Crippen LogP contribution >= 0.6 is 0 Å². The van der Waals surface area contributed by atoms with Gasteiger partial charge in [-0.15, -0.1) is 0 Å². The summed E-state index contributed by atoms with van der Waals surface area (Å²) >= 11 is 0. The number of rotatable bonds is 4. The molecular weight excluding hydrogens is 306 g/mol. The van der Waals surface area contributed by atoms with Gasteiger partial charge in [-0.05, 0) is 32.9 Å². The van der Waals surface area contributed by atoms with Gasteiger partial charge >= 0.3 is 0 Å². The van der Waals surface area contributed by atoms with Gasteiger partial charge in [0, 0.05) is 30.6 Å². The number of hydrogen-bond donors (Lipinski definition) is 1. The first-order chi connectivity index (χ1) is 11.6. The number of hydrogen-bond acceptors (Lipinski definition) is 4. The molecule has 0 bridgehead atoms. The molecule has 0 aromatic heterocycles. The van der Waals surface area contributed by atoms with Crippen molar-refractivity contribution in [2.24, 2.45) is 10.7 Å². The molecule has 6 heteroatoms. The van der Waals surface area contributed by atoms with Gasteiger partial charge in [0.15, 0.2) is 5.96 Å². The van der Waals surface area contributed by atoms with E-state index in [9.17, 15) is 0 Å². The molecule has 1 fully saturated rings. The summed E-state index contributed by atoms with van der Waals surface area (Å²) in [4.78, 5) is 6.64. The topological polar surface area (TPSA) is 69.3 Å². The van der Waals surface area contributed by atoms with Crippen molar-refractivity contribution >= 4 is 5.96 Å². The Morgan fingerprint density at radius 2 is 2.21 bits per heavy atom. The maximum atomic E-state index is 6.17. The van der Waals surface area contributed by atoms with Gasteiger partial charge in [-0.3, -0.25) is 0 Å². The summed E-state index contributed by atoms with van der Waals surface area (Å²) in [6.07, 6.45) is 1.32. The van der Waals surface area contributed by atoms with Crippen LogP contribution in [-0.4, -0.2) is 49.4 Å². The van der Waals surface area contributed by atoms with Crippen LogP contribution in [0.4, 0.5) is 0 Å². The lowest BCUT2D eigenvalue weighted by atomic mass is 10.1. The highest BCUT2D eigenvalue weighted by Crippen LogP contribution is 2.35. The van der Waals surface area contributed by atoms with Gasteiger partial charge in [-0.1, -0.05) is 0 Å². The smallest absolute Gasteiger partial charge is 0.191 e. The summed E-state index contributed by atoms with van der Waals surface area (Å²) in [6.45, 7) is 9.47. The Morgan fingerprint density at radius 3 is 2.96 bits per heavy atom. The van der Waals surface area contributed by atoms with Crippen LogP contribution < -0.4 is 15.2 Å². The molecular formula is C18H27N3O3. The molecule has 1 saturated heterocycles. The lowest BCUT2D eigenvalue weighted by molar-refractivity contribution is 0.00528. The van der Waals surface area contributed by atoms with Crippen LogP contribution in [0.1, 0.15) is 31.9 Å². The predicted octanol–water partition coefficient (Wildman–Crippen LogP) is 1.94. The highest BCUT2D eigenvalue weighted by Gasteiger charge is 2.22. The molecule has 132 valence electrons. The van der Waals surface area contributed by atoms with E-state index < -0.39 is 0 Å². The summed E-state index contributed by atoms with van der Waals surface area (Å²) in [6, 6.07) is 4.13. The Labute approximate surface area is 143 Å². The fourth-order valence-electron chi connectivity index (χ4n) is 3.19. The average molecular weight is 333 g/mol. The number of benzene rings is 1. The third-order valence-electron chi connectivity index (χ3n) is 4.36. The number of nitrogens with two attached hydrogens (primary N) is 1. The zero-order valence-electron chi connectivity index (χ0n) is 14.7. The van der Waals surface area contributed by atoms with Crippen LogP contribution in [0.25, 0.3) is 0 Å². The Kier molecular flexibility index (Phi) is 5.14. The number of morpholine rings is 1. The van der Waals surface area contributed by atoms with Crippen LogP contribution in [0.15, 0.2) is 17.1 Å². The largest absolute Gasteiger partial charge is 0.494 e. The van der Waals surface area contributed by atoms with Gasteiger partial charge in [0.2, 0.25) is 0 Å². The molecule has 1 aromatic rings. The van der Waals surface area contributed by atoms with Crippen molar-refractivity contribution in [3.8, 4) is 11.5 Å². The van der Waals surface area contributed by atoms with Crippen LogP contribution in [0.2, 0.25) is 0 Å². The molecule has 2 N–H and O–H groups in total. The van der Waals surface area contributed by atoms with Gasteiger partial charge in [-0.25, -0.2) is 4.99 Å². The normalized spacial score (nSPS) is 23.8. The molecule has 1 aromatic carbocycles. The van der Waals surface area contributed by atoms with E-state index in [0.717, 1.165) is 36.6 Å². The van der Waals surface area contributed by atoms with Gasteiger partial charge in [0.25, 0.3) is 0 Å². The standard InChI is InChI=1S/C18H27N3O3/c1-4-22-16-8-14-7-12(2)24-17(14)9-15(16)10-20-18(19)21-5-6-23-13(3)11-21/h8-9,12-13H,4-7,10-11H2,1-3H3,(H2,19,20). The summed E-state index contributed by atoms with van der Waals surface area (Å²) in [5.41, 5.74) is 8.38. The van der Waals surface area contributed by atoms with Crippen LogP contribution in [0, 0.1) is 0 Å². The molecule has 6 nitrogen and oxygen atoms in total. The van der Waals surface area contributed by atoms with E-state index in [1.54, 1.807) is 0 Å². The first kappa shape index (κ1) is 16.9. The van der Waals surface area contributed by atoms with E-state index in [1.165, 1.54) is 5.56 Å². The maximum absolute atomic E-state index is 6.17.